The monoisotopic (exact) mass is 1860 g/mol. The summed E-state index contributed by atoms with van der Waals surface area (Å²) in [6, 6.07) is 37.8. The van der Waals surface area contributed by atoms with Gasteiger partial charge in [-0.2, -0.15) is 4.98 Å². The minimum absolute atomic E-state index is 0.0341. The number of anilines is 11. The standard InChI is InChI=1S/C20H17N7O2.C19H17N7O2.C15H13ClN6O2.C8H5Cl2N3O.C7H9N3O.C5H4N.3C4H9.Sn/c1-12(28)15-7-10-27-18(15)20(25-19(26-27)16-5-3-4-8-21-16)24-14-6-9-22-17(11-14)23-13(2)29;1-12(28)22-16-10-14(5-8-21-16)23-19-17-13(11-27)6-9-26(17)25-18(24-19)15-4-2-3-7-20-15;1-8(23)11-4-6-22-13(11)14(20-15(16)21-22)19-10-3-5-17-12(7-10)18-9(2)24;1-4(14)5-2-3-13-6(5)7(9)11-8(10)12-13;1-5(11)10-7-4-6(8)2-3-9-7;1-2-4-6-5-3-1;3*1-3-4-2;/h3-11H,1-2H3,(H2,22,23,24,25,26,29);2-10,27H,11H2,1H3,(H2,21,22,23,24,25,28);3-7H,1-2H3,(H2,17,18,19,20,21,24);2-3H,1H3;2-4H,1H3,(H3,8,9,10,11);1-4H;3*1,3-4H2,2H3;. The van der Waals surface area contributed by atoms with E-state index in [9.17, 15) is 38.7 Å². The number of aliphatic hydroxyl groups excluding tert-OH is 1. The molecule has 0 aromatic carbocycles. The molecule has 39 heteroatoms. The number of nitrogens with two attached hydrogens (primary N) is 1. The Labute approximate surface area is 737 Å². The molecule has 10 N–H and O–H groups in total. The van der Waals surface area contributed by atoms with E-state index in [-0.39, 0.29) is 63.3 Å². The van der Waals surface area contributed by atoms with Crippen LogP contribution in [0.5, 0.6) is 0 Å². The van der Waals surface area contributed by atoms with E-state index in [2.05, 4.69) is 146 Å². The average Bonchev–Trinajstić information content (AvgIpc) is 1.75. The van der Waals surface area contributed by atoms with E-state index in [1.54, 1.807) is 141 Å². The Hall–Kier alpha value is -13.8. The van der Waals surface area contributed by atoms with Gasteiger partial charge in [-0.1, -0.05) is 23.7 Å². The molecule has 0 radical (unpaired) electrons. The second-order valence-corrected chi connectivity index (χ2v) is 42.2. The Morgan fingerprint density at radius 2 is 0.752 bits per heavy atom. The van der Waals surface area contributed by atoms with Crippen molar-refractivity contribution in [2.75, 3.05) is 43.0 Å². The van der Waals surface area contributed by atoms with Crippen molar-refractivity contribution in [1.82, 2.24) is 93.3 Å². The number of carbonyl (C=O) groups excluding carboxylic acids is 7. The van der Waals surface area contributed by atoms with Gasteiger partial charge in [0, 0.05) is 159 Å². The molecule has 0 aliphatic heterocycles. The maximum absolute atomic E-state index is 12.1. The van der Waals surface area contributed by atoms with Gasteiger partial charge in [0.25, 0.3) is 0 Å². The van der Waals surface area contributed by atoms with Crippen LogP contribution in [-0.2, 0) is 25.8 Å². The number of aliphatic hydroxyl groups is 1. The molecule has 15 aromatic rings. The van der Waals surface area contributed by atoms with Crippen molar-refractivity contribution < 1.29 is 38.7 Å². The van der Waals surface area contributed by atoms with E-state index < -0.39 is 18.4 Å². The van der Waals surface area contributed by atoms with Crippen LogP contribution in [0.1, 0.15) is 144 Å². The Morgan fingerprint density at radius 3 is 1.14 bits per heavy atom. The number of pyridine rings is 7. The van der Waals surface area contributed by atoms with Gasteiger partial charge in [0.2, 0.25) is 45.8 Å². The predicted octanol–water partition coefficient (Wildman–Crippen LogP) is 16.2. The topological polar surface area (TPSA) is 461 Å². The van der Waals surface area contributed by atoms with Crippen LogP contribution in [0.4, 0.5) is 63.5 Å². The summed E-state index contributed by atoms with van der Waals surface area (Å²) >= 11 is 15.2. The molecule has 0 atom stereocenters. The predicted molar refractivity (Wildman–Crippen MR) is 487 cm³/mol. The van der Waals surface area contributed by atoms with Gasteiger partial charge in [-0.15, -0.1) is 20.4 Å². The number of nitrogens with one attached hydrogen (secondary N) is 7. The number of hydrogen-bond donors (Lipinski definition) is 9. The molecule has 15 aromatic heterocycles. The summed E-state index contributed by atoms with van der Waals surface area (Å²) in [6.07, 6.45) is 26.6. The SMILES string of the molecule is CC(=O)Nc1cc(N)ccn1.CC(=O)Nc1cc(Nc2nc(-c3ccccn3)nn3ccc(C(C)=O)c23)ccn1.CC(=O)Nc1cc(Nc2nc(-c3ccccn3)nn3ccc(CO)c23)ccn1.CC(=O)Nc1cc(Nc2nc(Cl)nn3ccc(C(C)=O)c23)ccn1.CC(=O)c1ccn2nc(Cl)nc(Cl)c12.CCC[CH2][Sn]([CH2]CCC)([CH2]CCC)[c]1ccccn1. The van der Waals surface area contributed by atoms with Gasteiger partial charge in [0.15, 0.2) is 40.0 Å². The van der Waals surface area contributed by atoms with Crippen LogP contribution in [0.25, 0.3) is 45.1 Å². The van der Waals surface area contributed by atoms with Crippen molar-refractivity contribution in [3.8, 4) is 23.0 Å². The van der Waals surface area contributed by atoms with Gasteiger partial charge in [0.05, 0.1) is 6.61 Å². The number of aromatic nitrogens is 19. The Kier molecular flexibility index (Phi) is 34.0. The molecule has 0 fully saturated rings. The van der Waals surface area contributed by atoms with Crippen LogP contribution < -0.4 is 46.7 Å². The third-order valence-corrected chi connectivity index (χ3v) is 34.2. The fourth-order valence-corrected chi connectivity index (χ4v) is 29.0. The van der Waals surface area contributed by atoms with Crippen LogP contribution >= 0.6 is 34.8 Å². The summed E-state index contributed by atoms with van der Waals surface area (Å²) in [5, 5.41) is 46.8. The fourth-order valence-electron chi connectivity index (χ4n) is 12.9. The summed E-state index contributed by atoms with van der Waals surface area (Å²) < 4.78 is 12.3. The van der Waals surface area contributed by atoms with Crippen molar-refractivity contribution >= 4 is 183 Å². The Morgan fingerprint density at radius 1 is 0.392 bits per heavy atom. The third-order valence-electron chi connectivity index (χ3n) is 18.4. The van der Waals surface area contributed by atoms with Crippen LogP contribution in [-0.4, -0.2) is 158 Å². The molecule has 0 spiro atoms. The molecule has 35 nitrogen and oxygen atoms in total. The molecular weight excluding hydrogens is 1760 g/mol. The summed E-state index contributed by atoms with van der Waals surface area (Å²) in [6.45, 7) is 16.9. The first-order valence-corrected chi connectivity index (χ1v) is 48.2. The Balaban J connectivity index is 0.000000161. The molecule has 0 saturated heterocycles. The number of carbonyl (C=O) groups is 7. The number of amides is 4. The second-order valence-electron chi connectivity index (χ2n) is 28.1. The normalized spacial score (nSPS) is 10.7. The molecule has 15 heterocycles. The van der Waals surface area contributed by atoms with E-state index in [4.69, 9.17) is 45.5 Å². The first kappa shape index (κ1) is 93.5. The molecule has 644 valence electrons. The molecule has 0 aliphatic rings. The van der Waals surface area contributed by atoms with Gasteiger partial charge in [-0.3, -0.25) is 43.5 Å². The number of ketones is 3. The number of hydrogen-bond acceptors (Lipinski definition) is 27. The van der Waals surface area contributed by atoms with Crippen LogP contribution in [0.15, 0.2) is 196 Å². The van der Waals surface area contributed by atoms with Crippen molar-refractivity contribution in [2.45, 2.75) is 128 Å². The molecule has 0 unspecified atom stereocenters. The summed E-state index contributed by atoms with van der Waals surface area (Å²) in [5.74, 6) is 2.77. The minimum atomic E-state index is -2.21. The second kappa shape index (κ2) is 45.4. The molecular formula is C86H92Cl3N27O8Sn. The quantitative estimate of drug-likeness (QED) is 0.0180. The molecule has 0 bridgehead atoms. The van der Waals surface area contributed by atoms with Gasteiger partial charge < -0.3 is 48.1 Å². The number of nitrogen functional groups attached to an aromatic ring is 1. The molecule has 0 aliphatic carbocycles. The molecule has 15 rings (SSSR count). The number of nitrogens with zero attached hydrogens (tertiary/aromatic N) is 19. The van der Waals surface area contributed by atoms with Crippen molar-refractivity contribution in [2.24, 2.45) is 0 Å². The molecule has 125 heavy (non-hydrogen) atoms. The summed E-state index contributed by atoms with van der Waals surface area (Å²) in [5.41, 5.74) is 13.6. The van der Waals surface area contributed by atoms with Crippen LogP contribution in [0.3, 0.4) is 0 Å². The van der Waals surface area contributed by atoms with Gasteiger partial charge in [0.1, 0.15) is 56.7 Å². The number of halogens is 3. The van der Waals surface area contributed by atoms with Crippen molar-refractivity contribution in [3.05, 3.63) is 234 Å². The van der Waals surface area contributed by atoms with E-state index in [1.165, 1.54) is 116 Å². The molecule has 0 saturated carbocycles. The first-order chi connectivity index (χ1) is 60.1. The number of rotatable bonds is 26. The van der Waals surface area contributed by atoms with E-state index >= 15 is 0 Å². The number of Topliss-reactive ketones (excluding diaryl/α,β-unsaturated/α-hetero) is 3. The zero-order valence-electron chi connectivity index (χ0n) is 70.1. The van der Waals surface area contributed by atoms with Gasteiger partial charge in [-0.25, -0.2) is 52.9 Å². The van der Waals surface area contributed by atoms with Crippen molar-refractivity contribution in [1.29, 1.82) is 0 Å². The van der Waals surface area contributed by atoms with Gasteiger partial charge >= 0.3 is 124 Å². The Bertz CT molecular complexity index is 6260. The maximum atomic E-state index is 12.1. The zero-order chi connectivity index (χ0) is 89.7. The number of unbranched alkanes of at least 4 members (excludes halogenated alkanes) is 3. The van der Waals surface area contributed by atoms with E-state index in [1.807, 2.05) is 42.6 Å². The van der Waals surface area contributed by atoms with Crippen LogP contribution in [0, 0.1) is 0 Å². The van der Waals surface area contributed by atoms with Gasteiger partial charge in [-0.05, 0) is 117 Å². The first-order valence-electron chi connectivity index (χ1n) is 39.6. The summed E-state index contributed by atoms with van der Waals surface area (Å²) in [7, 11) is 0. The fraction of sp³-hybridized carbons (Fsp3) is 0.233. The number of fused-ring (bicyclic) bond motifs is 4. The van der Waals surface area contributed by atoms with E-state index in [0.29, 0.717) is 131 Å². The van der Waals surface area contributed by atoms with E-state index in [0.717, 1.165) is 0 Å². The molecule has 4 amide bonds. The average molecular weight is 1860 g/mol. The zero-order valence-corrected chi connectivity index (χ0v) is 75.2. The summed E-state index contributed by atoms with van der Waals surface area (Å²) in [4.78, 5) is 126. The third kappa shape index (κ3) is 26.4. The van der Waals surface area contributed by atoms with Crippen LogP contribution in [0.2, 0.25) is 29.0 Å². The van der Waals surface area contributed by atoms with Crippen molar-refractivity contribution in [3.63, 3.8) is 0 Å².